The number of nitrogens with zero attached hydrogens (tertiary/aromatic N) is 3. The summed E-state index contributed by atoms with van der Waals surface area (Å²) in [4.78, 5) is 27.3. The van der Waals surface area contributed by atoms with E-state index in [-0.39, 0.29) is 11.8 Å². The molecule has 148 valence electrons. The maximum atomic E-state index is 12.9. The number of amides is 2. The Bertz CT molecular complexity index is 1060. The number of likely N-dealkylation sites (tertiary alicyclic amines) is 1. The van der Waals surface area contributed by atoms with Crippen molar-refractivity contribution in [3.05, 3.63) is 64.1 Å². The molecule has 3 aromatic rings. The lowest BCUT2D eigenvalue weighted by atomic mass is 10.1. The van der Waals surface area contributed by atoms with Crippen LogP contribution >= 0.6 is 34.5 Å². The molecule has 0 aliphatic carbocycles. The highest BCUT2D eigenvalue weighted by atomic mass is 35.5. The van der Waals surface area contributed by atoms with Crippen molar-refractivity contribution in [1.82, 2.24) is 15.1 Å². The lowest BCUT2D eigenvalue weighted by Gasteiger charge is -2.23. The summed E-state index contributed by atoms with van der Waals surface area (Å²) in [5, 5.41) is 12.8. The number of benzene rings is 2. The van der Waals surface area contributed by atoms with Gasteiger partial charge >= 0.3 is 0 Å². The summed E-state index contributed by atoms with van der Waals surface area (Å²) in [5.74, 6) is -0.518. The molecule has 29 heavy (non-hydrogen) atoms. The van der Waals surface area contributed by atoms with Crippen LogP contribution in [-0.2, 0) is 4.79 Å². The van der Waals surface area contributed by atoms with Gasteiger partial charge in [-0.05, 0) is 31.0 Å². The van der Waals surface area contributed by atoms with Gasteiger partial charge in [0.1, 0.15) is 11.0 Å². The topological polar surface area (TPSA) is 75.2 Å². The minimum Gasteiger partial charge on any atom is -0.327 e. The molecule has 9 heteroatoms. The molecule has 0 spiro atoms. The molecule has 1 aliphatic rings. The lowest BCUT2D eigenvalue weighted by Crippen LogP contribution is -2.43. The van der Waals surface area contributed by atoms with Gasteiger partial charge in [0.15, 0.2) is 0 Å². The number of rotatable bonds is 4. The van der Waals surface area contributed by atoms with Crippen LogP contribution < -0.4 is 5.32 Å². The molecule has 1 atom stereocenters. The summed E-state index contributed by atoms with van der Waals surface area (Å²) < 4.78 is 0. The van der Waals surface area contributed by atoms with Gasteiger partial charge in [0.05, 0.1) is 10.0 Å². The molecule has 0 bridgehead atoms. The highest BCUT2D eigenvalue weighted by Gasteiger charge is 2.35. The zero-order valence-corrected chi connectivity index (χ0v) is 17.5. The van der Waals surface area contributed by atoms with Crippen molar-refractivity contribution in [2.75, 3.05) is 11.9 Å². The monoisotopic (exact) mass is 446 g/mol. The Balaban J connectivity index is 1.47. The summed E-state index contributed by atoms with van der Waals surface area (Å²) in [6.07, 6.45) is 1.33. The first-order valence-corrected chi connectivity index (χ1v) is 10.6. The minimum atomic E-state index is -0.568. The largest absolute Gasteiger partial charge is 0.327 e. The quantitative estimate of drug-likeness (QED) is 0.626. The van der Waals surface area contributed by atoms with Crippen LogP contribution in [-0.4, -0.2) is 39.5 Å². The number of carbonyl (C=O) groups is 2. The van der Waals surface area contributed by atoms with E-state index in [1.807, 2.05) is 30.3 Å². The predicted octanol–water partition coefficient (Wildman–Crippen LogP) is 4.76. The van der Waals surface area contributed by atoms with Crippen molar-refractivity contribution in [3.8, 4) is 10.6 Å². The van der Waals surface area contributed by atoms with E-state index in [1.165, 1.54) is 17.4 Å². The van der Waals surface area contributed by atoms with Crippen LogP contribution in [0.1, 0.15) is 23.2 Å². The third kappa shape index (κ3) is 4.27. The smallest absolute Gasteiger partial charge is 0.254 e. The second kappa shape index (κ2) is 8.49. The fraction of sp³-hybridized carbons (Fsp3) is 0.200. The van der Waals surface area contributed by atoms with Gasteiger partial charge in [0, 0.05) is 17.7 Å². The van der Waals surface area contributed by atoms with E-state index in [2.05, 4.69) is 15.5 Å². The molecule has 0 saturated carbocycles. The zero-order valence-electron chi connectivity index (χ0n) is 15.1. The molecule has 0 radical (unpaired) electrons. The lowest BCUT2D eigenvalue weighted by molar-refractivity contribution is -0.119. The number of nitrogens with one attached hydrogen (secondary N) is 1. The molecule has 1 N–H and O–H groups in total. The third-order valence-corrected chi connectivity index (χ3v) is 6.29. The highest BCUT2D eigenvalue weighted by Crippen LogP contribution is 2.28. The SMILES string of the molecule is O=C(Nc1nnc(-c2ccccc2)s1)[C@H]1CCCN1C(=O)c1ccc(Cl)c(Cl)c1. The van der Waals surface area contributed by atoms with Crippen LogP contribution in [0.4, 0.5) is 5.13 Å². The second-order valence-corrected chi connectivity index (χ2v) is 8.35. The molecule has 0 unspecified atom stereocenters. The van der Waals surface area contributed by atoms with Gasteiger partial charge in [0.2, 0.25) is 11.0 Å². The Morgan fingerprint density at radius 3 is 2.62 bits per heavy atom. The van der Waals surface area contributed by atoms with Gasteiger partial charge in [-0.1, -0.05) is 64.9 Å². The van der Waals surface area contributed by atoms with Gasteiger partial charge in [-0.2, -0.15) is 0 Å². The Morgan fingerprint density at radius 1 is 1.07 bits per heavy atom. The predicted molar refractivity (Wildman–Crippen MR) is 114 cm³/mol. The molecule has 1 aromatic heterocycles. The number of hydrogen-bond acceptors (Lipinski definition) is 5. The van der Waals surface area contributed by atoms with E-state index >= 15 is 0 Å². The molecule has 1 saturated heterocycles. The third-order valence-electron chi connectivity index (χ3n) is 4.66. The first kappa shape index (κ1) is 19.8. The zero-order chi connectivity index (χ0) is 20.4. The molecule has 1 aliphatic heterocycles. The molecule has 6 nitrogen and oxygen atoms in total. The maximum Gasteiger partial charge on any atom is 0.254 e. The van der Waals surface area contributed by atoms with Crippen LogP contribution in [0.3, 0.4) is 0 Å². The second-order valence-electron chi connectivity index (χ2n) is 6.55. The molecular formula is C20H16Cl2N4O2S. The summed E-state index contributed by atoms with van der Waals surface area (Å²) in [6.45, 7) is 0.503. The van der Waals surface area contributed by atoms with Crippen LogP contribution in [0.5, 0.6) is 0 Å². The molecule has 2 heterocycles. The van der Waals surface area contributed by atoms with E-state index in [0.717, 1.165) is 17.0 Å². The Morgan fingerprint density at radius 2 is 1.86 bits per heavy atom. The van der Waals surface area contributed by atoms with Gasteiger partial charge in [-0.15, -0.1) is 10.2 Å². The first-order chi connectivity index (χ1) is 14.0. The minimum absolute atomic E-state index is 0.247. The molecule has 2 aromatic carbocycles. The first-order valence-electron chi connectivity index (χ1n) is 8.99. The highest BCUT2D eigenvalue weighted by molar-refractivity contribution is 7.18. The number of halogens is 2. The van der Waals surface area contributed by atoms with Crippen LogP contribution in [0.25, 0.3) is 10.6 Å². The fourth-order valence-corrected chi connectivity index (χ4v) is 4.29. The van der Waals surface area contributed by atoms with Crippen molar-refractivity contribution in [3.63, 3.8) is 0 Å². The van der Waals surface area contributed by atoms with E-state index in [9.17, 15) is 9.59 Å². The Kier molecular flexibility index (Phi) is 5.80. The van der Waals surface area contributed by atoms with Crippen LogP contribution in [0.2, 0.25) is 10.0 Å². The van der Waals surface area contributed by atoms with Crippen molar-refractivity contribution in [2.45, 2.75) is 18.9 Å². The van der Waals surface area contributed by atoms with E-state index in [0.29, 0.717) is 33.7 Å². The van der Waals surface area contributed by atoms with Gasteiger partial charge in [0.25, 0.3) is 5.91 Å². The van der Waals surface area contributed by atoms with Gasteiger partial charge in [-0.3, -0.25) is 14.9 Å². The number of anilines is 1. The number of hydrogen-bond donors (Lipinski definition) is 1. The van der Waals surface area contributed by atoms with Crippen molar-refractivity contribution in [1.29, 1.82) is 0 Å². The molecular weight excluding hydrogens is 431 g/mol. The van der Waals surface area contributed by atoms with Gasteiger partial charge in [-0.25, -0.2) is 0 Å². The summed E-state index contributed by atoms with van der Waals surface area (Å²) >= 11 is 13.2. The summed E-state index contributed by atoms with van der Waals surface area (Å²) in [7, 11) is 0. The van der Waals surface area contributed by atoms with E-state index in [1.54, 1.807) is 17.0 Å². The summed E-state index contributed by atoms with van der Waals surface area (Å²) in [6, 6.07) is 13.8. The Hall–Kier alpha value is -2.48. The summed E-state index contributed by atoms with van der Waals surface area (Å²) in [5.41, 5.74) is 1.34. The average molecular weight is 447 g/mol. The van der Waals surface area contributed by atoms with Crippen molar-refractivity contribution < 1.29 is 9.59 Å². The fourth-order valence-electron chi connectivity index (χ4n) is 3.24. The molecule has 1 fully saturated rings. The van der Waals surface area contributed by atoms with Crippen molar-refractivity contribution in [2.24, 2.45) is 0 Å². The molecule has 4 rings (SSSR count). The number of aromatic nitrogens is 2. The van der Waals surface area contributed by atoms with E-state index in [4.69, 9.17) is 23.2 Å². The average Bonchev–Trinajstić information content (AvgIpc) is 3.40. The van der Waals surface area contributed by atoms with E-state index < -0.39 is 6.04 Å². The number of carbonyl (C=O) groups excluding carboxylic acids is 2. The van der Waals surface area contributed by atoms with Crippen molar-refractivity contribution >= 4 is 51.5 Å². The van der Waals surface area contributed by atoms with Crippen LogP contribution in [0, 0.1) is 0 Å². The molecule has 2 amide bonds. The van der Waals surface area contributed by atoms with Crippen LogP contribution in [0.15, 0.2) is 48.5 Å². The van der Waals surface area contributed by atoms with Gasteiger partial charge < -0.3 is 4.90 Å². The normalized spacial score (nSPS) is 16.1. The Labute approximate surface area is 181 Å². The standard InChI is InChI=1S/C20H16Cl2N4O2S/c21-14-9-8-13(11-15(14)22)19(28)26-10-4-7-16(26)17(27)23-20-25-24-18(29-20)12-5-2-1-3-6-12/h1-3,5-6,8-9,11,16H,4,7,10H2,(H,23,25,27)/t16-/m1/s1. The maximum absolute atomic E-state index is 12.9.